The van der Waals surface area contributed by atoms with Gasteiger partial charge in [-0.3, -0.25) is 0 Å². The summed E-state index contributed by atoms with van der Waals surface area (Å²) in [5.74, 6) is -0.0834. The summed E-state index contributed by atoms with van der Waals surface area (Å²) in [6.07, 6.45) is 0. The fourth-order valence-corrected chi connectivity index (χ4v) is 6.62. The van der Waals surface area contributed by atoms with Crippen molar-refractivity contribution in [3.63, 3.8) is 0 Å². The first-order valence-electron chi connectivity index (χ1n) is 12.1. The van der Waals surface area contributed by atoms with Gasteiger partial charge in [0, 0.05) is 7.05 Å². The molecule has 4 nitrogen and oxygen atoms in total. The Kier molecular flexibility index (Phi) is 6.88. The molecule has 0 aliphatic rings. The Morgan fingerprint density at radius 3 is 1.69 bits per heavy atom. The van der Waals surface area contributed by atoms with Crippen molar-refractivity contribution in [2.75, 3.05) is 14.1 Å². The molecule has 0 radical (unpaired) electrons. The van der Waals surface area contributed by atoms with Gasteiger partial charge in [0.1, 0.15) is 0 Å². The summed E-state index contributed by atoms with van der Waals surface area (Å²) < 4.78 is 29.9. The van der Waals surface area contributed by atoms with Crippen LogP contribution in [0, 0.1) is 0 Å². The van der Waals surface area contributed by atoms with E-state index in [1.807, 2.05) is 116 Å². The van der Waals surface area contributed by atoms with Crippen LogP contribution in [0.25, 0.3) is 21.5 Å². The molecule has 5 rings (SSSR count). The molecule has 0 aromatic heterocycles. The van der Waals surface area contributed by atoms with E-state index in [4.69, 9.17) is 0 Å². The van der Waals surface area contributed by atoms with E-state index < -0.39 is 16.1 Å². The maximum Gasteiger partial charge on any atom is 0.218 e. The van der Waals surface area contributed by atoms with Crippen molar-refractivity contribution >= 4 is 31.6 Å². The fourth-order valence-electron chi connectivity index (χ4n) is 5.15. The Bertz CT molecular complexity index is 1530. The van der Waals surface area contributed by atoms with Crippen molar-refractivity contribution in [1.29, 1.82) is 0 Å². The lowest BCUT2D eigenvalue weighted by Crippen LogP contribution is -2.39. The molecule has 0 heterocycles. The highest BCUT2D eigenvalue weighted by Crippen LogP contribution is 2.37. The molecule has 0 aliphatic carbocycles. The first kappa shape index (κ1) is 24.2. The molecule has 36 heavy (non-hydrogen) atoms. The number of sulfonamides is 1. The van der Waals surface area contributed by atoms with Crippen LogP contribution >= 0.6 is 0 Å². The highest BCUT2D eigenvalue weighted by Gasteiger charge is 2.34. The minimum atomic E-state index is -3.71. The zero-order valence-corrected chi connectivity index (χ0v) is 21.3. The number of fused-ring (bicyclic) bond motifs is 2. The topological polar surface area (TPSA) is 49.4 Å². The third-order valence-corrected chi connectivity index (χ3v) is 8.72. The van der Waals surface area contributed by atoms with Crippen LogP contribution in [0.2, 0.25) is 0 Å². The van der Waals surface area contributed by atoms with Gasteiger partial charge in [-0.05, 0) is 51.3 Å². The molecular weight excluding hydrogens is 464 g/mol. The monoisotopic (exact) mass is 494 g/mol. The van der Waals surface area contributed by atoms with E-state index in [0.717, 1.165) is 38.2 Å². The minimum absolute atomic E-state index is 0.0834. The van der Waals surface area contributed by atoms with Crippen LogP contribution in [-0.4, -0.2) is 26.8 Å². The summed E-state index contributed by atoms with van der Waals surface area (Å²) in [7, 11) is -0.130. The van der Waals surface area contributed by atoms with Gasteiger partial charge in [0.15, 0.2) is 0 Å². The molecule has 2 atom stereocenters. The van der Waals surface area contributed by atoms with E-state index in [0.29, 0.717) is 0 Å². The van der Waals surface area contributed by atoms with E-state index in [1.54, 1.807) is 11.4 Å². The van der Waals surface area contributed by atoms with Crippen molar-refractivity contribution in [2.24, 2.45) is 0 Å². The Balaban J connectivity index is 1.62. The van der Waals surface area contributed by atoms with Crippen LogP contribution in [0.1, 0.15) is 28.8 Å². The molecule has 1 N–H and O–H groups in total. The number of hydrogen-bond acceptors (Lipinski definition) is 3. The zero-order chi connectivity index (χ0) is 25.1. The fraction of sp³-hybridized carbons (Fsp3) is 0.161. The Hall–Kier alpha value is -3.51. The predicted octanol–water partition coefficient (Wildman–Crippen LogP) is 6.46. The number of benzene rings is 5. The zero-order valence-electron chi connectivity index (χ0n) is 20.5. The third-order valence-electron chi connectivity index (χ3n) is 6.97. The summed E-state index contributed by atoms with van der Waals surface area (Å²) in [6.45, 7) is 0. The van der Waals surface area contributed by atoms with Gasteiger partial charge in [-0.15, -0.1) is 0 Å². The molecule has 5 aromatic rings. The van der Waals surface area contributed by atoms with Crippen LogP contribution in [0.3, 0.4) is 0 Å². The average molecular weight is 495 g/mol. The SMILES string of the molecule is CNC(c1ccccc1)C(c1ccccc1)N(C)S(=O)(=O)Cc1c2ccccc2cc2ccccc12. The number of nitrogens with zero attached hydrogens (tertiary/aromatic N) is 1. The molecule has 2 unspecified atom stereocenters. The minimum Gasteiger partial charge on any atom is -0.311 e. The van der Waals surface area contributed by atoms with Gasteiger partial charge in [-0.1, -0.05) is 109 Å². The summed E-state index contributed by atoms with van der Waals surface area (Å²) in [5, 5.41) is 7.41. The van der Waals surface area contributed by atoms with Crippen LogP contribution < -0.4 is 5.32 Å². The molecule has 182 valence electrons. The Morgan fingerprint density at radius 1 is 0.694 bits per heavy atom. The largest absolute Gasteiger partial charge is 0.311 e. The van der Waals surface area contributed by atoms with Crippen LogP contribution in [-0.2, 0) is 15.8 Å². The van der Waals surface area contributed by atoms with Crippen LogP contribution in [0.4, 0.5) is 0 Å². The maximum atomic E-state index is 14.2. The second-order valence-electron chi connectivity index (χ2n) is 9.10. The van der Waals surface area contributed by atoms with Crippen LogP contribution in [0.5, 0.6) is 0 Å². The number of hydrogen-bond donors (Lipinski definition) is 1. The van der Waals surface area contributed by atoms with Gasteiger partial charge >= 0.3 is 0 Å². The summed E-state index contributed by atoms with van der Waals surface area (Å²) in [4.78, 5) is 0. The molecule has 5 heteroatoms. The summed E-state index contributed by atoms with van der Waals surface area (Å²) in [5.41, 5.74) is 2.81. The molecule has 0 aliphatic heterocycles. The highest BCUT2D eigenvalue weighted by molar-refractivity contribution is 7.88. The van der Waals surface area contributed by atoms with Gasteiger partial charge in [0.2, 0.25) is 10.0 Å². The van der Waals surface area contributed by atoms with Crippen molar-refractivity contribution in [3.05, 3.63) is 132 Å². The lowest BCUT2D eigenvalue weighted by Gasteiger charge is -2.35. The average Bonchev–Trinajstić information content (AvgIpc) is 2.92. The molecule has 5 aromatic carbocycles. The Morgan fingerprint density at radius 2 is 1.17 bits per heavy atom. The molecule has 0 amide bonds. The molecule has 0 fully saturated rings. The first-order valence-corrected chi connectivity index (χ1v) is 13.7. The first-order chi connectivity index (χ1) is 17.5. The lowest BCUT2D eigenvalue weighted by molar-refractivity contribution is 0.301. The highest BCUT2D eigenvalue weighted by atomic mass is 32.2. The van der Waals surface area contributed by atoms with Gasteiger partial charge in [0.25, 0.3) is 0 Å². The predicted molar refractivity (Wildman–Crippen MR) is 149 cm³/mol. The Labute approximate surface area is 213 Å². The van der Waals surface area contributed by atoms with E-state index >= 15 is 0 Å². The van der Waals surface area contributed by atoms with Crippen LogP contribution in [0.15, 0.2) is 115 Å². The second-order valence-corrected chi connectivity index (χ2v) is 11.1. The number of nitrogens with one attached hydrogen (secondary N) is 1. The molecule has 0 bridgehead atoms. The van der Waals surface area contributed by atoms with Gasteiger partial charge < -0.3 is 5.32 Å². The van der Waals surface area contributed by atoms with Gasteiger partial charge in [-0.25, -0.2) is 8.42 Å². The molecular formula is C31H30N2O2S. The normalized spacial score (nSPS) is 13.8. The smallest absolute Gasteiger partial charge is 0.218 e. The van der Waals surface area contributed by atoms with Gasteiger partial charge in [0.05, 0.1) is 17.8 Å². The quantitative estimate of drug-likeness (QED) is 0.252. The number of rotatable bonds is 8. The lowest BCUT2D eigenvalue weighted by atomic mass is 9.93. The maximum absolute atomic E-state index is 14.2. The van der Waals surface area contributed by atoms with Gasteiger partial charge in [-0.2, -0.15) is 4.31 Å². The van der Waals surface area contributed by atoms with E-state index in [1.165, 1.54) is 0 Å². The molecule has 0 saturated carbocycles. The van der Waals surface area contributed by atoms with E-state index in [2.05, 4.69) is 11.4 Å². The van der Waals surface area contributed by atoms with Crippen molar-refractivity contribution in [3.8, 4) is 0 Å². The molecule has 0 saturated heterocycles. The third kappa shape index (κ3) is 4.65. The summed E-state index contributed by atoms with van der Waals surface area (Å²) >= 11 is 0. The van der Waals surface area contributed by atoms with E-state index in [9.17, 15) is 8.42 Å². The van der Waals surface area contributed by atoms with E-state index in [-0.39, 0.29) is 11.8 Å². The summed E-state index contributed by atoms with van der Waals surface area (Å²) in [6, 6.07) is 37.4. The van der Waals surface area contributed by atoms with Crippen molar-refractivity contribution in [2.45, 2.75) is 17.8 Å². The second kappa shape index (κ2) is 10.2. The van der Waals surface area contributed by atoms with Crippen molar-refractivity contribution in [1.82, 2.24) is 9.62 Å². The molecule has 0 spiro atoms. The standard InChI is InChI=1S/C31H30N2O2S/c1-32-30(23-13-5-3-6-14-23)31(24-15-7-4-8-16-24)33(2)36(34,35)22-29-27-19-11-9-17-25(27)21-26-18-10-12-20-28(26)29/h3-21,30-32H,22H2,1-2H3. The number of likely N-dealkylation sites (N-methyl/N-ethyl adjacent to an activating group) is 2. The van der Waals surface area contributed by atoms with Crippen molar-refractivity contribution < 1.29 is 8.42 Å².